The molecule has 0 atom stereocenters. The van der Waals surface area contributed by atoms with Crippen molar-refractivity contribution in [2.24, 2.45) is 5.92 Å². The lowest BCUT2D eigenvalue weighted by Crippen LogP contribution is -2.13. The summed E-state index contributed by atoms with van der Waals surface area (Å²) in [5.74, 6) is 4.40. The maximum absolute atomic E-state index is 6.03. The third-order valence-corrected chi connectivity index (χ3v) is 9.59. The molecule has 0 amide bonds. The Labute approximate surface area is 280 Å². The zero-order valence-corrected chi connectivity index (χ0v) is 28.7. The molecule has 0 saturated heterocycles. The van der Waals surface area contributed by atoms with Crippen molar-refractivity contribution in [1.82, 2.24) is 0 Å². The molecule has 3 aromatic rings. The average Bonchev–Trinajstić information content (AvgIpc) is 3.10. The third-order valence-electron chi connectivity index (χ3n) is 9.59. The molecular formula is C43H60O3. The van der Waals surface area contributed by atoms with Gasteiger partial charge in [-0.3, -0.25) is 0 Å². The molecule has 4 rings (SSSR count). The van der Waals surface area contributed by atoms with E-state index in [0.29, 0.717) is 12.5 Å². The lowest BCUT2D eigenvalue weighted by atomic mass is 9.77. The van der Waals surface area contributed by atoms with Crippen molar-refractivity contribution in [2.45, 2.75) is 122 Å². The molecule has 250 valence electrons. The molecule has 3 nitrogen and oxygen atoms in total. The van der Waals surface area contributed by atoms with Gasteiger partial charge in [-0.15, -0.1) is 6.58 Å². The summed E-state index contributed by atoms with van der Waals surface area (Å²) in [7, 11) is 0. The SMILES string of the molecule is C=CCCCCCOc1ccc(OCCCCOc2ccc(C3CCC(CCCCc4ccc(CCCC)cc4)CC3)cc2)cc1. The van der Waals surface area contributed by atoms with E-state index >= 15 is 0 Å². The van der Waals surface area contributed by atoms with Crippen LogP contribution in [0.25, 0.3) is 0 Å². The predicted octanol–water partition coefficient (Wildman–Crippen LogP) is 12.1. The van der Waals surface area contributed by atoms with Crippen molar-refractivity contribution in [3.8, 4) is 17.2 Å². The van der Waals surface area contributed by atoms with Crippen LogP contribution in [0.3, 0.4) is 0 Å². The summed E-state index contributed by atoms with van der Waals surface area (Å²) in [5, 5.41) is 0. The number of unbranched alkanes of at least 4 members (excludes halogenated alkanes) is 6. The second-order valence-electron chi connectivity index (χ2n) is 13.3. The van der Waals surface area contributed by atoms with Gasteiger partial charge in [-0.25, -0.2) is 0 Å². The Balaban J connectivity index is 1.01. The van der Waals surface area contributed by atoms with E-state index in [0.717, 1.165) is 62.1 Å². The normalized spacial score (nSPS) is 16.2. The van der Waals surface area contributed by atoms with E-state index < -0.39 is 0 Å². The van der Waals surface area contributed by atoms with E-state index in [-0.39, 0.29) is 0 Å². The van der Waals surface area contributed by atoms with Crippen LogP contribution in [0, 0.1) is 5.92 Å². The lowest BCUT2D eigenvalue weighted by Gasteiger charge is -2.29. The third kappa shape index (κ3) is 13.7. The topological polar surface area (TPSA) is 27.7 Å². The van der Waals surface area contributed by atoms with Crippen LogP contribution in [-0.4, -0.2) is 19.8 Å². The van der Waals surface area contributed by atoms with E-state index in [1.807, 2.05) is 30.3 Å². The van der Waals surface area contributed by atoms with Crippen molar-refractivity contribution in [2.75, 3.05) is 19.8 Å². The summed E-state index contributed by atoms with van der Waals surface area (Å²) < 4.78 is 17.8. The van der Waals surface area contributed by atoms with Crippen LogP contribution in [0.2, 0.25) is 0 Å². The van der Waals surface area contributed by atoms with Gasteiger partial charge >= 0.3 is 0 Å². The van der Waals surface area contributed by atoms with Gasteiger partial charge in [0.15, 0.2) is 0 Å². The minimum atomic E-state index is 0.696. The highest BCUT2D eigenvalue weighted by Crippen LogP contribution is 2.38. The van der Waals surface area contributed by atoms with Gasteiger partial charge in [-0.1, -0.05) is 68.7 Å². The average molecular weight is 625 g/mol. The molecule has 0 aliphatic heterocycles. The van der Waals surface area contributed by atoms with Crippen LogP contribution in [0.5, 0.6) is 17.2 Å². The second kappa shape index (κ2) is 21.6. The van der Waals surface area contributed by atoms with Gasteiger partial charge in [-0.05, 0) is 155 Å². The van der Waals surface area contributed by atoms with Gasteiger partial charge in [0.05, 0.1) is 19.8 Å². The minimum Gasteiger partial charge on any atom is -0.494 e. The summed E-state index contributed by atoms with van der Waals surface area (Å²) in [6, 6.07) is 26.3. The molecule has 0 bridgehead atoms. The minimum absolute atomic E-state index is 0.696. The Kier molecular flexibility index (Phi) is 16.7. The molecule has 3 aromatic carbocycles. The fourth-order valence-corrected chi connectivity index (χ4v) is 6.61. The highest BCUT2D eigenvalue weighted by molar-refractivity contribution is 5.31. The van der Waals surface area contributed by atoms with Crippen LogP contribution < -0.4 is 14.2 Å². The van der Waals surface area contributed by atoms with E-state index in [4.69, 9.17) is 14.2 Å². The molecule has 0 unspecified atom stereocenters. The highest BCUT2D eigenvalue weighted by atomic mass is 16.5. The Morgan fingerprint density at radius 3 is 1.59 bits per heavy atom. The molecule has 0 spiro atoms. The number of aryl methyl sites for hydroxylation is 2. The molecule has 1 saturated carbocycles. The summed E-state index contributed by atoms with van der Waals surface area (Å²) in [4.78, 5) is 0. The smallest absolute Gasteiger partial charge is 0.119 e. The Bertz CT molecular complexity index is 1190. The van der Waals surface area contributed by atoms with Crippen LogP contribution in [0.4, 0.5) is 0 Å². The van der Waals surface area contributed by atoms with Gasteiger partial charge in [0.1, 0.15) is 17.2 Å². The number of benzene rings is 3. The number of allylic oxidation sites excluding steroid dienone is 1. The monoisotopic (exact) mass is 624 g/mol. The zero-order chi connectivity index (χ0) is 32.1. The molecule has 46 heavy (non-hydrogen) atoms. The van der Waals surface area contributed by atoms with Gasteiger partial charge < -0.3 is 14.2 Å². The fraction of sp³-hybridized carbons (Fsp3) is 0.535. The van der Waals surface area contributed by atoms with Crippen LogP contribution >= 0.6 is 0 Å². The zero-order valence-electron chi connectivity index (χ0n) is 28.7. The van der Waals surface area contributed by atoms with Gasteiger partial charge in [0, 0.05) is 0 Å². The molecule has 3 heteroatoms. The molecule has 0 radical (unpaired) electrons. The maximum Gasteiger partial charge on any atom is 0.119 e. The summed E-state index contributed by atoms with van der Waals surface area (Å²) >= 11 is 0. The van der Waals surface area contributed by atoms with Crippen molar-refractivity contribution in [1.29, 1.82) is 0 Å². The fourth-order valence-electron chi connectivity index (χ4n) is 6.61. The molecule has 1 aliphatic carbocycles. The first-order chi connectivity index (χ1) is 22.7. The maximum atomic E-state index is 6.03. The van der Waals surface area contributed by atoms with Crippen molar-refractivity contribution >= 4 is 0 Å². The Morgan fingerprint density at radius 2 is 1.07 bits per heavy atom. The molecule has 1 fully saturated rings. The Morgan fingerprint density at radius 1 is 0.565 bits per heavy atom. The van der Waals surface area contributed by atoms with Crippen LogP contribution in [-0.2, 0) is 12.8 Å². The highest BCUT2D eigenvalue weighted by Gasteiger charge is 2.22. The van der Waals surface area contributed by atoms with E-state index in [2.05, 4.69) is 62.0 Å². The Hall–Kier alpha value is -3.20. The van der Waals surface area contributed by atoms with Crippen molar-refractivity contribution in [3.63, 3.8) is 0 Å². The van der Waals surface area contributed by atoms with Gasteiger partial charge in [0.2, 0.25) is 0 Å². The van der Waals surface area contributed by atoms with Gasteiger partial charge in [0.25, 0.3) is 0 Å². The van der Waals surface area contributed by atoms with E-state index in [1.165, 1.54) is 100 Å². The predicted molar refractivity (Wildman–Crippen MR) is 195 cm³/mol. The number of ether oxygens (including phenoxy) is 3. The second-order valence-corrected chi connectivity index (χ2v) is 13.3. The van der Waals surface area contributed by atoms with Crippen molar-refractivity contribution < 1.29 is 14.2 Å². The standard InChI is InChI=1S/C43H60O3/c1-3-5-7-8-11-33-44-42-29-31-43(32-30-42)46-35-13-12-34-45-41-27-25-40(26-28-41)39-23-21-38(22-24-39)16-10-9-15-37-19-17-36(18-20-37)14-6-4-2/h3,17-20,25-32,38-39H,1,4-16,21-24,33-35H2,2H3. The number of hydrogen-bond donors (Lipinski definition) is 0. The number of rotatable bonds is 23. The number of hydrogen-bond acceptors (Lipinski definition) is 3. The summed E-state index contributed by atoms with van der Waals surface area (Å²) in [5.41, 5.74) is 4.49. The van der Waals surface area contributed by atoms with E-state index in [9.17, 15) is 0 Å². The molecule has 0 heterocycles. The van der Waals surface area contributed by atoms with Crippen LogP contribution in [0.1, 0.15) is 126 Å². The first kappa shape index (κ1) is 35.7. The summed E-state index contributed by atoms with van der Waals surface area (Å²) in [6.45, 7) is 8.21. The summed E-state index contributed by atoms with van der Waals surface area (Å²) in [6.07, 6.45) is 23.0. The molecule has 1 aliphatic rings. The first-order valence-electron chi connectivity index (χ1n) is 18.5. The van der Waals surface area contributed by atoms with E-state index in [1.54, 1.807) is 0 Å². The van der Waals surface area contributed by atoms with Crippen molar-refractivity contribution in [3.05, 3.63) is 102 Å². The van der Waals surface area contributed by atoms with Crippen LogP contribution in [0.15, 0.2) is 85.5 Å². The molecule has 0 aromatic heterocycles. The lowest BCUT2D eigenvalue weighted by molar-refractivity contribution is 0.265. The molecule has 0 N–H and O–H groups in total. The first-order valence-corrected chi connectivity index (χ1v) is 18.5. The van der Waals surface area contributed by atoms with Gasteiger partial charge in [-0.2, -0.15) is 0 Å². The largest absolute Gasteiger partial charge is 0.494 e. The molecular weight excluding hydrogens is 564 g/mol. The quantitative estimate of drug-likeness (QED) is 0.0776.